The molecule has 206 valence electrons. The van der Waals surface area contributed by atoms with E-state index in [0.29, 0.717) is 85.2 Å². The van der Waals surface area contributed by atoms with Crippen LogP contribution in [0.1, 0.15) is 42.9 Å². The number of methoxy groups -OCH3 is 1. The number of halogens is 3. The Morgan fingerprint density at radius 2 is 1.79 bits per heavy atom. The van der Waals surface area contributed by atoms with Crippen molar-refractivity contribution >= 4 is 10.9 Å². The van der Waals surface area contributed by atoms with E-state index < -0.39 is 29.3 Å². The van der Waals surface area contributed by atoms with E-state index >= 15 is 0 Å². The highest BCUT2D eigenvalue weighted by molar-refractivity contribution is 5.85. The van der Waals surface area contributed by atoms with E-state index in [9.17, 15) is 28.5 Å². The van der Waals surface area contributed by atoms with Gasteiger partial charge in [0.1, 0.15) is 18.2 Å². The van der Waals surface area contributed by atoms with Crippen molar-refractivity contribution in [3.8, 4) is 11.5 Å². The predicted molar refractivity (Wildman–Crippen MR) is 135 cm³/mol. The topological polar surface area (TPSA) is 95.3 Å². The highest BCUT2D eigenvalue weighted by Gasteiger charge is 2.35. The van der Waals surface area contributed by atoms with Crippen molar-refractivity contribution in [3.05, 3.63) is 65.1 Å². The lowest BCUT2D eigenvalue weighted by Crippen LogP contribution is -2.43. The van der Waals surface area contributed by atoms with Gasteiger partial charge in [-0.05, 0) is 68.0 Å². The Bertz CT molecular complexity index is 1220. The van der Waals surface area contributed by atoms with Gasteiger partial charge >= 0.3 is 0 Å². The Hall–Kier alpha value is -2.92. The van der Waals surface area contributed by atoms with Gasteiger partial charge in [-0.25, -0.2) is 13.2 Å². The van der Waals surface area contributed by atoms with Gasteiger partial charge in [0.25, 0.3) is 0 Å². The lowest BCUT2D eigenvalue weighted by Gasteiger charge is -2.41. The van der Waals surface area contributed by atoms with Crippen molar-refractivity contribution in [1.82, 2.24) is 9.88 Å². The summed E-state index contributed by atoms with van der Waals surface area (Å²) in [7, 11) is 1.56. The van der Waals surface area contributed by atoms with Gasteiger partial charge in [0.05, 0.1) is 25.3 Å². The van der Waals surface area contributed by atoms with E-state index in [-0.39, 0.29) is 25.2 Å². The molecule has 0 amide bonds. The largest absolute Gasteiger partial charge is 0.497 e. The molecule has 38 heavy (non-hydrogen) atoms. The number of piperidine rings is 1. The van der Waals surface area contributed by atoms with Crippen LogP contribution >= 0.6 is 0 Å². The number of ether oxygens (including phenoxy) is 2. The Kier molecular flexibility index (Phi) is 9.09. The van der Waals surface area contributed by atoms with Gasteiger partial charge in [-0.2, -0.15) is 0 Å². The third-order valence-corrected chi connectivity index (χ3v) is 7.52. The molecule has 2 aromatic carbocycles. The number of rotatable bonds is 11. The molecule has 1 aliphatic heterocycles. The third-order valence-electron chi connectivity index (χ3n) is 7.52. The molecule has 0 bridgehead atoms. The number of aliphatic hydroxyl groups excluding tert-OH is 3. The summed E-state index contributed by atoms with van der Waals surface area (Å²) in [5, 5.41) is 32.1. The zero-order valence-corrected chi connectivity index (χ0v) is 21.3. The Balaban J connectivity index is 1.35. The van der Waals surface area contributed by atoms with Crippen LogP contribution in [0.3, 0.4) is 0 Å². The van der Waals surface area contributed by atoms with Gasteiger partial charge in [0.2, 0.25) is 0 Å². The average molecular weight is 535 g/mol. The summed E-state index contributed by atoms with van der Waals surface area (Å²) in [6.45, 7) is 1.45. The summed E-state index contributed by atoms with van der Waals surface area (Å²) in [4.78, 5) is 6.45. The first-order valence-electron chi connectivity index (χ1n) is 12.6. The lowest BCUT2D eigenvalue weighted by atomic mass is 9.74. The molecule has 4 rings (SSSR count). The molecule has 1 fully saturated rings. The van der Waals surface area contributed by atoms with Crippen LogP contribution in [-0.4, -0.2) is 65.2 Å². The number of aliphatic hydroxyl groups is 3. The highest BCUT2D eigenvalue weighted by atomic mass is 19.1. The molecule has 0 unspecified atom stereocenters. The molecule has 1 atom stereocenters. The van der Waals surface area contributed by atoms with Crippen LogP contribution in [-0.2, 0) is 6.61 Å². The summed E-state index contributed by atoms with van der Waals surface area (Å²) >= 11 is 0. The molecule has 10 heteroatoms. The summed E-state index contributed by atoms with van der Waals surface area (Å²) < 4.78 is 51.2. The van der Waals surface area contributed by atoms with E-state index in [0.717, 1.165) is 0 Å². The minimum absolute atomic E-state index is 0.0339. The van der Waals surface area contributed by atoms with Gasteiger partial charge < -0.3 is 24.8 Å². The predicted octanol–water partition coefficient (Wildman–Crippen LogP) is 4.12. The summed E-state index contributed by atoms with van der Waals surface area (Å²) in [5.74, 6) is -3.13. The average Bonchev–Trinajstić information content (AvgIpc) is 2.92. The molecular weight excluding hydrogens is 501 g/mol. The maximum Gasteiger partial charge on any atom is 0.190 e. The Morgan fingerprint density at radius 1 is 1.08 bits per heavy atom. The van der Waals surface area contributed by atoms with E-state index in [4.69, 9.17) is 9.47 Å². The van der Waals surface area contributed by atoms with Gasteiger partial charge in [0, 0.05) is 42.4 Å². The molecule has 3 N–H and O–H groups in total. The van der Waals surface area contributed by atoms with Crippen molar-refractivity contribution in [2.45, 2.75) is 38.4 Å². The maximum atomic E-state index is 13.8. The van der Waals surface area contributed by atoms with Crippen LogP contribution < -0.4 is 9.47 Å². The van der Waals surface area contributed by atoms with Crippen molar-refractivity contribution in [2.75, 3.05) is 40.0 Å². The van der Waals surface area contributed by atoms with Gasteiger partial charge in [0.15, 0.2) is 17.4 Å². The molecule has 1 saturated heterocycles. The molecular formula is C28H33F3N2O5. The number of aromatic nitrogens is 1. The quantitative estimate of drug-likeness (QED) is 0.341. The first-order chi connectivity index (χ1) is 18.3. The molecule has 1 aromatic heterocycles. The van der Waals surface area contributed by atoms with E-state index in [1.165, 1.54) is 0 Å². The second-order valence-corrected chi connectivity index (χ2v) is 9.84. The van der Waals surface area contributed by atoms with Gasteiger partial charge in [-0.1, -0.05) is 0 Å². The first-order valence-corrected chi connectivity index (χ1v) is 12.6. The van der Waals surface area contributed by atoms with E-state index in [2.05, 4.69) is 9.88 Å². The second-order valence-electron chi connectivity index (χ2n) is 9.84. The number of hydrogen-bond donors (Lipinski definition) is 3. The van der Waals surface area contributed by atoms with Crippen LogP contribution in [0.4, 0.5) is 13.2 Å². The third kappa shape index (κ3) is 6.20. The monoisotopic (exact) mass is 534 g/mol. The minimum atomic E-state index is -1.08. The zero-order chi connectivity index (χ0) is 27.3. The summed E-state index contributed by atoms with van der Waals surface area (Å²) in [6.07, 6.45) is 3.00. The molecule has 3 aromatic rings. The van der Waals surface area contributed by atoms with E-state index in [1.54, 1.807) is 31.5 Å². The number of hydrogen-bond acceptors (Lipinski definition) is 7. The minimum Gasteiger partial charge on any atom is -0.497 e. The summed E-state index contributed by atoms with van der Waals surface area (Å²) in [6, 6.07) is 6.55. The molecule has 0 radical (unpaired) electrons. The molecule has 2 heterocycles. The number of nitrogens with zero attached hydrogens (tertiary/aromatic N) is 2. The lowest BCUT2D eigenvalue weighted by molar-refractivity contribution is 0.0201. The fourth-order valence-corrected chi connectivity index (χ4v) is 5.15. The first kappa shape index (κ1) is 28.1. The van der Waals surface area contributed by atoms with Crippen molar-refractivity contribution in [3.63, 3.8) is 0 Å². The number of fused-ring (bicyclic) bond motifs is 1. The standard InChI is InChI=1S/C28H33F3N2O5/c1-37-20-2-3-24-21(14-20)26(18(16-34)15-32-24)25(36)4-5-28(17-35)6-8-33(9-7-28)10-11-38-27-22(30)12-19(29)13-23(27)31/h2-3,12-15,25,34-36H,4-11,16-17H2,1H3/t25-/m0/s1. The van der Waals surface area contributed by atoms with Gasteiger partial charge in [-0.15, -0.1) is 0 Å². The number of likely N-dealkylation sites (tertiary alicyclic amines) is 1. The molecule has 0 aliphatic carbocycles. The van der Waals surface area contributed by atoms with Crippen LogP contribution in [0.5, 0.6) is 11.5 Å². The number of pyridine rings is 1. The van der Waals surface area contributed by atoms with Crippen molar-refractivity contribution in [1.29, 1.82) is 0 Å². The zero-order valence-electron chi connectivity index (χ0n) is 21.3. The van der Waals surface area contributed by atoms with Crippen LogP contribution in [0, 0.1) is 22.9 Å². The SMILES string of the molecule is COc1ccc2ncc(CO)c([C@@H](O)CCC3(CO)CCN(CCOc4c(F)cc(F)cc4F)CC3)c2c1. The van der Waals surface area contributed by atoms with Crippen molar-refractivity contribution < 1.29 is 38.0 Å². The molecule has 1 aliphatic rings. The van der Waals surface area contributed by atoms with Crippen LogP contribution in [0.2, 0.25) is 0 Å². The van der Waals surface area contributed by atoms with Gasteiger partial charge in [-0.3, -0.25) is 9.88 Å². The van der Waals surface area contributed by atoms with Crippen molar-refractivity contribution in [2.24, 2.45) is 5.41 Å². The fraction of sp³-hybridized carbons (Fsp3) is 0.464. The number of benzene rings is 2. The fourth-order valence-electron chi connectivity index (χ4n) is 5.15. The van der Waals surface area contributed by atoms with E-state index in [1.807, 2.05) is 0 Å². The Morgan fingerprint density at radius 3 is 2.42 bits per heavy atom. The maximum absolute atomic E-state index is 13.8. The van der Waals surface area contributed by atoms with Crippen LogP contribution in [0.25, 0.3) is 10.9 Å². The summed E-state index contributed by atoms with van der Waals surface area (Å²) in [5.41, 5.74) is 1.46. The normalized spacial score (nSPS) is 16.5. The smallest absolute Gasteiger partial charge is 0.190 e. The Labute approximate surface area is 219 Å². The molecule has 7 nitrogen and oxygen atoms in total. The second kappa shape index (κ2) is 12.3. The van der Waals surface area contributed by atoms with Crippen LogP contribution in [0.15, 0.2) is 36.5 Å². The molecule has 0 spiro atoms. The highest BCUT2D eigenvalue weighted by Crippen LogP contribution is 2.39. The molecule has 0 saturated carbocycles.